The highest BCUT2D eigenvalue weighted by atomic mass is 35.5. The van der Waals surface area contributed by atoms with Crippen LogP contribution in [0.25, 0.3) is 0 Å². The first-order valence-electron chi connectivity index (χ1n) is 5.86. The minimum Gasteiger partial charge on any atom is -0.492 e. The highest BCUT2D eigenvalue weighted by Crippen LogP contribution is 2.22. The van der Waals surface area contributed by atoms with Gasteiger partial charge in [0.1, 0.15) is 12.4 Å². The van der Waals surface area contributed by atoms with E-state index in [4.69, 9.17) is 22.1 Å². The largest absolute Gasteiger partial charge is 0.492 e. The standard InChI is InChI=1S/C15H16ClNO/c1-11-9-13(7-8-14(11)16)18-10-15(17)12-5-3-2-4-6-12/h2-9,15H,10,17H2,1H3. The summed E-state index contributed by atoms with van der Waals surface area (Å²) in [6.45, 7) is 2.40. The van der Waals surface area contributed by atoms with Crippen molar-refractivity contribution in [3.8, 4) is 5.75 Å². The van der Waals surface area contributed by atoms with Crippen LogP contribution in [0.15, 0.2) is 48.5 Å². The molecule has 0 heterocycles. The molecule has 2 nitrogen and oxygen atoms in total. The van der Waals surface area contributed by atoms with E-state index in [-0.39, 0.29) is 6.04 Å². The molecule has 0 aromatic heterocycles. The zero-order valence-electron chi connectivity index (χ0n) is 10.3. The zero-order chi connectivity index (χ0) is 13.0. The maximum Gasteiger partial charge on any atom is 0.119 e. The third-order valence-electron chi connectivity index (χ3n) is 2.79. The summed E-state index contributed by atoms with van der Waals surface area (Å²) in [4.78, 5) is 0. The lowest BCUT2D eigenvalue weighted by molar-refractivity contribution is 0.290. The topological polar surface area (TPSA) is 35.2 Å². The van der Waals surface area contributed by atoms with Gasteiger partial charge >= 0.3 is 0 Å². The first kappa shape index (κ1) is 12.9. The first-order chi connectivity index (χ1) is 8.66. The van der Waals surface area contributed by atoms with Gasteiger partial charge in [0.2, 0.25) is 0 Å². The highest BCUT2D eigenvalue weighted by molar-refractivity contribution is 6.31. The minimum absolute atomic E-state index is 0.123. The van der Waals surface area contributed by atoms with Gasteiger partial charge < -0.3 is 10.5 Å². The van der Waals surface area contributed by atoms with E-state index in [2.05, 4.69) is 0 Å². The van der Waals surface area contributed by atoms with Crippen LogP contribution in [0.2, 0.25) is 5.02 Å². The number of aryl methyl sites for hydroxylation is 1. The Kier molecular flexibility index (Phi) is 4.24. The summed E-state index contributed by atoms with van der Waals surface area (Å²) in [7, 11) is 0. The van der Waals surface area contributed by atoms with Gasteiger partial charge in [-0.25, -0.2) is 0 Å². The maximum absolute atomic E-state index is 6.06. The summed E-state index contributed by atoms with van der Waals surface area (Å²) in [5, 5.41) is 0.745. The Morgan fingerprint density at radius 3 is 2.56 bits per heavy atom. The summed E-state index contributed by atoms with van der Waals surface area (Å²) in [5.74, 6) is 0.795. The van der Waals surface area contributed by atoms with Gasteiger partial charge in [-0.1, -0.05) is 41.9 Å². The number of ether oxygens (including phenoxy) is 1. The molecule has 2 aromatic rings. The van der Waals surface area contributed by atoms with Gasteiger partial charge in [0.25, 0.3) is 0 Å². The summed E-state index contributed by atoms with van der Waals surface area (Å²) in [6.07, 6.45) is 0. The minimum atomic E-state index is -0.123. The molecule has 0 aliphatic heterocycles. The molecule has 2 aromatic carbocycles. The van der Waals surface area contributed by atoms with E-state index < -0.39 is 0 Å². The third-order valence-corrected chi connectivity index (χ3v) is 3.21. The Morgan fingerprint density at radius 2 is 1.89 bits per heavy atom. The lowest BCUT2D eigenvalue weighted by atomic mass is 10.1. The second-order valence-electron chi connectivity index (χ2n) is 4.24. The summed E-state index contributed by atoms with van der Waals surface area (Å²) in [6, 6.07) is 15.4. The summed E-state index contributed by atoms with van der Waals surface area (Å²) < 4.78 is 5.67. The van der Waals surface area contributed by atoms with Gasteiger partial charge in [0.15, 0.2) is 0 Å². The average molecular weight is 262 g/mol. The van der Waals surface area contributed by atoms with Crippen LogP contribution in [-0.4, -0.2) is 6.61 Å². The number of hydrogen-bond acceptors (Lipinski definition) is 2. The molecule has 1 unspecified atom stereocenters. The molecule has 18 heavy (non-hydrogen) atoms. The van der Waals surface area contributed by atoms with Crippen LogP contribution in [0.5, 0.6) is 5.75 Å². The molecule has 0 aliphatic carbocycles. The quantitative estimate of drug-likeness (QED) is 0.910. The molecule has 0 amide bonds. The molecule has 0 radical (unpaired) electrons. The molecule has 1 atom stereocenters. The van der Waals surface area contributed by atoms with Crippen molar-refractivity contribution in [3.63, 3.8) is 0 Å². The average Bonchev–Trinajstić information content (AvgIpc) is 2.41. The highest BCUT2D eigenvalue weighted by Gasteiger charge is 2.06. The fraction of sp³-hybridized carbons (Fsp3) is 0.200. The van der Waals surface area contributed by atoms with Crippen LogP contribution >= 0.6 is 11.6 Å². The van der Waals surface area contributed by atoms with Crippen molar-refractivity contribution >= 4 is 11.6 Å². The molecule has 0 aliphatic rings. The van der Waals surface area contributed by atoms with E-state index in [0.717, 1.165) is 21.9 Å². The first-order valence-corrected chi connectivity index (χ1v) is 6.24. The molecule has 0 saturated carbocycles. The monoisotopic (exact) mass is 261 g/mol. The fourth-order valence-corrected chi connectivity index (χ4v) is 1.81. The molecule has 2 rings (SSSR count). The van der Waals surface area contributed by atoms with E-state index >= 15 is 0 Å². The van der Waals surface area contributed by atoms with Crippen molar-refractivity contribution in [3.05, 3.63) is 64.7 Å². The van der Waals surface area contributed by atoms with E-state index in [9.17, 15) is 0 Å². The van der Waals surface area contributed by atoms with Gasteiger partial charge in [0, 0.05) is 5.02 Å². The maximum atomic E-state index is 6.06. The van der Waals surface area contributed by atoms with Crippen LogP contribution in [0, 0.1) is 6.92 Å². The Labute approximate surface area is 112 Å². The molecular formula is C15H16ClNO. The molecule has 0 fully saturated rings. The molecule has 0 bridgehead atoms. The van der Waals surface area contributed by atoms with Gasteiger partial charge in [-0.05, 0) is 36.2 Å². The SMILES string of the molecule is Cc1cc(OCC(N)c2ccccc2)ccc1Cl. The van der Waals surface area contributed by atoms with E-state index in [0.29, 0.717) is 6.61 Å². The van der Waals surface area contributed by atoms with Crippen LogP contribution in [0.1, 0.15) is 17.2 Å². The molecule has 0 spiro atoms. The fourth-order valence-electron chi connectivity index (χ4n) is 1.69. The summed E-state index contributed by atoms with van der Waals surface area (Å²) in [5.41, 5.74) is 8.13. The van der Waals surface area contributed by atoms with Crippen molar-refractivity contribution in [1.82, 2.24) is 0 Å². The number of hydrogen-bond donors (Lipinski definition) is 1. The van der Waals surface area contributed by atoms with Crippen molar-refractivity contribution < 1.29 is 4.74 Å². The van der Waals surface area contributed by atoms with Crippen LogP contribution in [-0.2, 0) is 0 Å². The number of halogens is 1. The van der Waals surface area contributed by atoms with Crippen LogP contribution in [0.3, 0.4) is 0 Å². The van der Waals surface area contributed by atoms with Gasteiger partial charge in [0.05, 0.1) is 6.04 Å². The Bertz CT molecular complexity index is 513. The van der Waals surface area contributed by atoms with Crippen molar-refractivity contribution in [2.24, 2.45) is 5.73 Å². The number of rotatable bonds is 4. The van der Waals surface area contributed by atoms with Crippen molar-refractivity contribution in [2.45, 2.75) is 13.0 Å². The number of benzene rings is 2. The van der Waals surface area contributed by atoms with Crippen molar-refractivity contribution in [2.75, 3.05) is 6.61 Å². The Morgan fingerprint density at radius 1 is 1.17 bits per heavy atom. The van der Waals surface area contributed by atoms with Gasteiger partial charge in [-0.15, -0.1) is 0 Å². The normalized spacial score (nSPS) is 12.2. The lowest BCUT2D eigenvalue weighted by Crippen LogP contribution is -2.18. The Balaban J connectivity index is 1.97. The molecular weight excluding hydrogens is 246 g/mol. The summed E-state index contributed by atoms with van der Waals surface area (Å²) >= 11 is 5.96. The molecule has 94 valence electrons. The third kappa shape index (κ3) is 3.25. The predicted octanol–water partition coefficient (Wildman–Crippen LogP) is 3.73. The van der Waals surface area contributed by atoms with Gasteiger partial charge in [-0.2, -0.15) is 0 Å². The van der Waals surface area contributed by atoms with E-state index in [1.807, 2.05) is 55.5 Å². The molecule has 3 heteroatoms. The second kappa shape index (κ2) is 5.89. The molecule has 0 saturated heterocycles. The Hall–Kier alpha value is -1.51. The zero-order valence-corrected chi connectivity index (χ0v) is 11.0. The van der Waals surface area contributed by atoms with E-state index in [1.165, 1.54) is 0 Å². The number of nitrogens with two attached hydrogens (primary N) is 1. The lowest BCUT2D eigenvalue weighted by Gasteiger charge is -2.14. The van der Waals surface area contributed by atoms with Crippen molar-refractivity contribution in [1.29, 1.82) is 0 Å². The van der Waals surface area contributed by atoms with Gasteiger partial charge in [-0.3, -0.25) is 0 Å². The predicted molar refractivity (Wildman–Crippen MR) is 75.1 cm³/mol. The van der Waals surface area contributed by atoms with E-state index in [1.54, 1.807) is 0 Å². The molecule has 2 N–H and O–H groups in total. The smallest absolute Gasteiger partial charge is 0.119 e. The second-order valence-corrected chi connectivity index (χ2v) is 4.65. The van der Waals surface area contributed by atoms with Crippen LogP contribution < -0.4 is 10.5 Å². The van der Waals surface area contributed by atoms with Crippen LogP contribution in [0.4, 0.5) is 0 Å².